The number of benzene rings is 1. The number of carbonyl (C=O) groups excluding carboxylic acids is 4. The van der Waals surface area contributed by atoms with Gasteiger partial charge in [-0.1, -0.05) is 77.0 Å². The van der Waals surface area contributed by atoms with Crippen molar-refractivity contribution in [2.24, 2.45) is 0 Å². The fraction of sp³-hybridized carbons (Fsp3) is 0.697. The predicted molar refractivity (Wildman–Crippen MR) is 161 cm³/mol. The molecule has 0 radical (unpaired) electrons. The number of rotatable bonds is 26. The smallest absolute Gasteiger partial charge is 0.338 e. The van der Waals surface area contributed by atoms with Gasteiger partial charge in [0.15, 0.2) is 6.29 Å². The molecule has 0 saturated carbocycles. The number of esters is 3. The van der Waals surface area contributed by atoms with Crippen LogP contribution in [-0.4, -0.2) is 58.7 Å². The highest BCUT2D eigenvalue weighted by molar-refractivity contribution is 5.93. The Hall–Kier alpha value is -3.10. The molecule has 0 saturated heterocycles. The van der Waals surface area contributed by atoms with Crippen LogP contribution < -0.4 is 9.47 Å². The van der Waals surface area contributed by atoms with E-state index in [4.69, 9.17) is 14.2 Å². The van der Waals surface area contributed by atoms with Gasteiger partial charge in [0, 0.05) is 12.8 Å². The quantitative estimate of drug-likeness (QED) is 0.0469. The summed E-state index contributed by atoms with van der Waals surface area (Å²) in [6.07, 6.45) is 18.1. The maximum Gasteiger partial charge on any atom is 0.338 e. The maximum absolute atomic E-state index is 12.2. The molecule has 0 heterocycles. The summed E-state index contributed by atoms with van der Waals surface area (Å²) in [5.74, 6) is -0.137. The number of hydrogen-bond acceptors (Lipinski definition) is 9. The highest BCUT2D eigenvalue weighted by Crippen LogP contribution is 2.30. The molecule has 9 nitrogen and oxygen atoms in total. The zero-order valence-electron chi connectivity index (χ0n) is 26.0. The van der Waals surface area contributed by atoms with Crippen LogP contribution in [0.25, 0.3) is 0 Å². The molecule has 9 heteroatoms. The summed E-state index contributed by atoms with van der Waals surface area (Å²) in [4.78, 5) is 46.4. The van der Waals surface area contributed by atoms with Crippen LogP contribution in [0.3, 0.4) is 0 Å². The van der Waals surface area contributed by atoms with Crippen molar-refractivity contribution in [3.8, 4) is 11.5 Å². The molecular weight excluding hydrogens is 540 g/mol. The molecule has 1 rings (SSSR count). The first-order valence-electron chi connectivity index (χ1n) is 15.6. The van der Waals surface area contributed by atoms with Crippen LogP contribution in [-0.2, 0) is 23.8 Å². The summed E-state index contributed by atoms with van der Waals surface area (Å²) in [6.45, 7) is 0.874. The molecule has 0 spiro atoms. The molecule has 0 aliphatic rings. The molecule has 0 fully saturated rings. The van der Waals surface area contributed by atoms with Gasteiger partial charge in [0.1, 0.15) is 11.5 Å². The Morgan fingerprint density at radius 3 is 1.24 bits per heavy atom. The van der Waals surface area contributed by atoms with Gasteiger partial charge in [-0.3, -0.25) is 14.4 Å². The number of unbranched alkanes of at least 4 members (excludes halogenated alkanes) is 14. The molecule has 0 bridgehead atoms. The van der Waals surface area contributed by atoms with Crippen LogP contribution in [0, 0.1) is 0 Å². The molecule has 0 unspecified atom stereocenters. The largest absolute Gasteiger partial charge is 0.493 e. The third-order valence-electron chi connectivity index (χ3n) is 7.16. The second-order valence-electron chi connectivity index (χ2n) is 10.5. The molecule has 0 N–H and O–H groups in total. The molecule has 1 aromatic rings. The SMILES string of the molecule is COC(=O)CCCCCCCCCCOc1cc(C(=O)OC)cc(OCCCCCCCCCCC(=O)OC)c1C=O. The van der Waals surface area contributed by atoms with E-state index in [0.29, 0.717) is 49.4 Å². The van der Waals surface area contributed by atoms with E-state index >= 15 is 0 Å². The van der Waals surface area contributed by atoms with Crippen LogP contribution >= 0.6 is 0 Å². The van der Waals surface area contributed by atoms with Crippen molar-refractivity contribution in [1.29, 1.82) is 0 Å². The number of methoxy groups -OCH3 is 3. The summed E-state index contributed by atoms with van der Waals surface area (Å²) >= 11 is 0. The normalized spacial score (nSPS) is 10.6. The molecule has 42 heavy (non-hydrogen) atoms. The van der Waals surface area contributed by atoms with Gasteiger partial charge in [-0.05, 0) is 37.8 Å². The average molecular weight is 593 g/mol. The maximum atomic E-state index is 12.2. The minimum atomic E-state index is -0.514. The zero-order chi connectivity index (χ0) is 30.8. The van der Waals surface area contributed by atoms with E-state index in [2.05, 4.69) is 9.47 Å². The van der Waals surface area contributed by atoms with Crippen molar-refractivity contribution in [1.82, 2.24) is 0 Å². The van der Waals surface area contributed by atoms with Gasteiger partial charge in [0.2, 0.25) is 0 Å². The summed E-state index contributed by atoms with van der Waals surface area (Å²) in [7, 11) is 4.15. The van der Waals surface area contributed by atoms with Crippen molar-refractivity contribution in [2.75, 3.05) is 34.5 Å². The lowest BCUT2D eigenvalue weighted by Crippen LogP contribution is -2.08. The topological polar surface area (TPSA) is 114 Å². The van der Waals surface area contributed by atoms with E-state index in [1.54, 1.807) is 12.1 Å². The van der Waals surface area contributed by atoms with Crippen LogP contribution in [0.4, 0.5) is 0 Å². The summed E-state index contributed by atoms with van der Waals surface area (Å²) in [6, 6.07) is 3.09. The lowest BCUT2D eigenvalue weighted by molar-refractivity contribution is -0.141. The Morgan fingerprint density at radius 1 is 0.548 bits per heavy atom. The van der Waals surface area contributed by atoms with Gasteiger partial charge in [0.05, 0.1) is 45.7 Å². The second kappa shape index (κ2) is 24.5. The fourth-order valence-electron chi connectivity index (χ4n) is 4.62. The summed E-state index contributed by atoms with van der Waals surface area (Å²) < 4.78 is 26.0. The lowest BCUT2D eigenvalue weighted by atomic mass is 10.1. The van der Waals surface area contributed by atoms with E-state index in [-0.39, 0.29) is 17.5 Å². The number of ether oxygens (including phenoxy) is 5. The minimum absolute atomic E-state index is 0.146. The van der Waals surface area contributed by atoms with Gasteiger partial charge in [-0.15, -0.1) is 0 Å². The van der Waals surface area contributed by atoms with Crippen LogP contribution in [0.1, 0.15) is 136 Å². The Bertz CT molecular complexity index is 854. The monoisotopic (exact) mass is 592 g/mol. The van der Waals surface area contributed by atoms with Crippen LogP contribution in [0.5, 0.6) is 11.5 Å². The molecule has 0 atom stereocenters. The molecular formula is C33H52O9. The number of carbonyl (C=O) groups is 4. The summed E-state index contributed by atoms with van der Waals surface area (Å²) in [5.41, 5.74) is 0.592. The van der Waals surface area contributed by atoms with Crippen molar-refractivity contribution >= 4 is 24.2 Å². The van der Waals surface area contributed by atoms with Crippen molar-refractivity contribution in [3.63, 3.8) is 0 Å². The van der Waals surface area contributed by atoms with Crippen LogP contribution in [0.2, 0.25) is 0 Å². The zero-order valence-corrected chi connectivity index (χ0v) is 26.0. The molecule has 0 amide bonds. The third kappa shape index (κ3) is 17.0. The molecule has 0 aromatic heterocycles. The highest BCUT2D eigenvalue weighted by atomic mass is 16.5. The van der Waals surface area contributed by atoms with Gasteiger partial charge in [-0.2, -0.15) is 0 Å². The molecule has 1 aromatic carbocycles. The minimum Gasteiger partial charge on any atom is -0.493 e. The van der Waals surface area contributed by atoms with E-state index in [0.717, 1.165) is 103 Å². The van der Waals surface area contributed by atoms with E-state index in [1.807, 2.05) is 0 Å². The molecule has 0 aliphatic carbocycles. The molecule has 0 aliphatic heterocycles. The van der Waals surface area contributed by atoms with Crippen LogP contribution in [0.15, 0.2) is 12.1 Å². The van der Waals surface area contributed by atoms with E-state index in [1.165, 1.54) is 21.3 Å². The van der Waals surface area contributed by atoms with Gasteiger partial charge < -0.3 is 23.7 Å². The number of aldehydes is 1. The van der Waals surface area contributed by atoms with Gasteiger partial charge in [-0.25, -0.2) is 4.79 Å². The molecule has 238 valence electrons. The Morgan fingerprint density at radius 2 is 0.905 bits per heavy atom. The highest BCUT2D eigenvalue weighted by Gasteiger charge is 2.17. The average Bonchev–Trinajstić information content (AvgIpc) is 3.01. The summed E-state index contributed by atoms with van der Waals surface area (Å²) in [5, 5.41) is 0. The Labute approximate surface area is 251 Å². The first-order chi connectivity index (χ1) is 20.5. The van der Waals surface area contributed by atoms with E-state index < -0.39 is 5.97 Å². The van der Waals surface area contributed by atoms with Crippen molar-refractivity contribution in [2.45, 2.75) is 116 Å². The lowest BCUT2D eigenvalue weighted by Gasteiger charge is -2.15. The Balaban J connectivity index is 2.38. The van der Waals surface area contributed by atoms with E-state index in [9.17, 15) is 19.2 Å². The standard InChI is InChI=1S/C33H52O9/c1-38-31(35)20-16-12-8-4-6-10-14-18-22-41-29-24-27(33(37)40-3)25-30(28(29)26-34)42-23-19-15-11-7-5-9-13-17-21-32(36)39-2/h24-26H,4-23H2,1-3H3. The first-order valence-corrected chi connectivity index (χ1v) is 15.6. The van der Waals surface area contributed by atoms with Gasteiger partial charge >= 0.3 is 17.9 Å². The Kier molecular flexibility index (Phi) is 21.5. The third-order valence-corrected chi connectivity index (χ3v) is 7.16. The number of hydrogen-bond donors (Lipinski definition) is 0. The fourth-order valence-corrected chi connectivity index (χ4v) is 4.62. The van der Waals surface area contributed by atoms with Gasteiger partial charge in [0.25, 0.3) is 0 Å². The van der Waals surface area contributed by atoms with Crippen molar-refractivity contribution in [3.05, 3.63) is 23.3 Å². The first kappa shape index (κ1) is 36.9. The van der Waals surface area contributed by atoms with Crippen molar-refractivity contribution < 1.29 is 42.9 Å². The predicted octanol–water partition coefficient (Wildman–Crippen LogP) is 7.41. The second-order valence-corrected chi connectivity index (χ2v) is 10.5.